The van der Waals surface area contributed by atoms with Crippen LogP contribution in [0.3, 0.4) is 0 Å². The second-order valence-electron chi connectivity index (χ2n) is 6.26. The van der Waals surface area contributed by atoms with Gasteiger partial charge in [-0.25, -0.2) is 4.79 Å². The second kappa shape index (κ2) is 6.43. The van der Waals surface area contributed by atoms with E-state index in [0.717, 1.165) is 22.7 Å². The van der Waals surface area contributed by atoms with Gasteiger partial charge in [0.1, 0.15) is 27.3 Å². The van der Waals surface area contributed by atoms with Crippen molar-refractivity contribution in [3.05, 3.63) is 58.4 Å². The van der Waals surface area contributed by atoms with Crippen LogP contribution in [-0.4, -0.2) is 17.2 Å². The van der Waals surface area contributed by atoms with Crippen LogP contribution in [0.5, 0.6) is 5.75 Å². The van der Waals surface area contributed by atoms with Crippen molar-refractivity contribution in [2.45, 2.75) is 24.7 Å². The van der Waals surface area contributed by atoms with Gasteiger partial charge in [0.15, 0.2) is 0 Å². The van der Waals surface area contributed by atoms with Crippen LogP contribution in [0.4, 0.5) is 0 Å². The molecular formula is C18H14N2O5S2. The number of aromatic nitrogens is 2. The van der Waals surface area contributed by atoms with Crippen LogP contribution in [0.25, 0.3) is 22.0 Å². The molecule has 0 amide bonds. The van der Waals surface area contributed by atoms with E-state index >= 15 is 0 Å². The molecule has 138 valence electrons. The largest absolute Gasteiger partial charge is 0.423 e. The monoisotopic (exact) mass is 402 g/mol. The molecule has 0 bridgehead atoms. The highest BCUT2D eigenvalue weighted by atomic mass is 32.2. The Morgan fingerprint density at radius 2 is 1.93 bits per heavy atom. The molecule has 0 unspecified atom stereocenters. The molecule has 0 fully saturated rings. The average molecular weight is 402 g/mol. The van der Waals surface area contributed by atoms with Gasteiger partial charge in [0, 0.05) is 17.5 Å². The van der Waals surface area contributed by atoms with Gasteiger partial charge in [0.05, 0.1) is 11.7 Å². The van der Waals surface area contributed by atoms with Gasteiger partial charge in [-0.3, -0.25) is 0 Å². The Kier molecular flexibility index (Phi) is 4.20. The molecule has 0 aliphatic heterocycles. The van der Waals surface area contributed by atoms with Gasteiger partial charge in [-0.15, -0.1) is 0 Å². The minimum absolute atomic E-state index is 0.0479. The van der Waals surface area contributed by atoms with E-state index in [1.54, 1.807) is 18.2 Å². The molecule has 9 heteroatoms. The zero-order chi connectivity index (χ0) is 19.2. The molecule has 0 aliphatic carbocycles. The van der Waals surface area contributed by atoms with Gasteiger partial charge < -0.3 is 8.60 Å². The van der Waals surface area contributed by atoms with E-state index in [1.807, 2.05) is 13.8 Å². The van der Waals surface area contributed by atoms with E-state index in [9.17, 15) is 13.2 Å². The first-order valence-electron chi connectivity index (χ1n) is 8.09. The number of benzene rings is 2. The third kappa shape index (κ3) is 3.19. The second-order valence-corrected chi connectivity index (χ2v) is 8.30. The van der Waals surface area contributed by atoms with Crippen LogP contribution in [0.2, 0.25) is 0 Å². The molecule has 0 atom stereocenters. The molecular weight excluding hydrogens is 388 g/mol. The molecule has 0 saturated heterocycles. The molecule has 0 saturated carbocycles. The first-order valence-corrected chi connectivity index (χ1v) is 10.2. The van der Waals surface area contributed by atoms with Gasteiger partial charge in [0.25, 0.3) is 0 Å². The highest BCUT2D eigenvalue weighted by Gasteiger charge is 2.22. The number of nitrogens with zero attached hydrogens (tertiary/aromatic N) is 2. The first kappa shape index (κ1) is 17.6. The predicted molar refractivity (Wildman–Crippen MR) is 102 cm³/mol. The summed E-state index contributed by atoms with van der Waals surface area (Å²) < 4.78 is 44.0. The van der Waals surface area contributed by atoms with Crippen molar-refractivity contribution in [3.8, 4) is 5.75 Å². The highest BCUT2D eigenvalue weighted by molar-refractivity contribution is 7.87. The Bertz CT molecular complexity index is 1320. The van der Waals surface area contributed by atoms with Gasteiger partial charge in [-0.1, -0.05) is 19.9 Å². The van der Waals surface area contributed by atoms with Gasteiger partial charge >= 0.3 is 15.7 Å². The molecule has 4 aromatic rings. The van der Waals surface area contributed by atoms with Crippen molar-refractivity contribution < 1.29 is 17.0 Å². The van der Waals surface area contributed by atoms with Gasteiger partial charge in [0.2, 0.25) is 0 Å². The lowest BCUT2D eigenvalue weighted by molar-refractivity contribution is 0.486. The summed E-state index contributed by atoms with van der Waals surface area (Å²) in [6, 6.07) is 10.7. The average Bonchev–Trinajstić information content (AvgIpc) is 3.08. The van der Waals surface area contributed by atoms with Crippen molar-refractivity contribution in [2.75, 3.05) is 0 Å². The fourth-order valence-corrected chi connectivity index (χ4v) is 4.54. The van der Waals surface area contributed by atoms with E-state index < -0.39 is 15.7 Å². The zero-order valence-electron chi connectivity index (χ0n) is 14.4. The maximum atomic E-state index is 12.7. The molecule has 0 aliphatic rings. The molecule has 0 N–H and O–H groups in total. The molecule has 0 spiro atoms. The third-order valence-electron chi connectivity index (χ3n) is 4.09. The fraction of sp³-hybridized carbons (Fsp3) is 0.167. The smallest absolute Gasteiger partial charge is 0.341 e. The van der Waals surface area contributed by atoms with Crippen molar-refractivity contribution in [1.82, 2.24) is 8.75 Å². The molecule has 2 aromatic heterocycles. The van der Waals surface area contributed by atoms with E-state index in [1.165, 1.54) is 24.3 Å². The first-order chi connectivity index (χ1) is 12.8. The van der Waals surface area contributed by atoms with E-state index in [4.69, 9.17) is 8.60 Å². The van der Waals surface area contributed by atoms with Crippen LogP contribution in [-0.2, 0) is 10.1 Å². The topological polar surface area (TPSA) is 99.4 Å². The Labute approximate surface area is 158 Å². The normalized spacial score (nSPS) is 12.1. The maximum Gasteiger partial charge on any atom is 0.341 e. The molecule has 4 rings (SSSR count). The van der Waals surface area contributed by atoms with E-state index in [0.29, 0.717) is 5.52 Å². The standard InChI is InChI=1S/C18H14N2O5S2/c1-10(2)13-9-17(21)24-15-8-11(6-7-12(13)15)25-27(22,23)16-5-3-4-14-18(16)20-26-19-14/h3-10H,1-2H3. The lowest BCUT2D eigenvalue weighted by Gasteiger charge is -2.11. The van der Waals surface area contributed by atoms with Crippen LogP contribution < -0.4 is 9.81 Å². The Balaban J connectivity index is 1.79. The van der Waals surface area contributed by atoms with Crippen LogP contribution >= 0.6 is 11.7 Å². The quantitative estimate of drug-likeness (QED) is 0.379. The zero-order valence-corrected chi connectivity index (χ0v) is 16.0. The molecule has 2 aromatic carbocycles. The Morgan fingerprint density at radius 3 is 2.70 bits per heavy atom. The van der Waals surface area contributed by atoms with Crippen molar-refractivity contribution >= 4 is 43.8 Å². The number of fused-ring (bicyclic) bond motifs is 2. The molecule has 7 nitrogen and oxygen atoms in total. The Hall–Kier alpha value is -2.78. The summed E-state index contributed by atoms with van der Waals surface area (Å²) >= 11 is 0.927. The van der Waals surface area contributed by atoms with Crippen LogP contribution in [0.1, 0.15) is 25.3 Å². The lowest BCUT2D eigenvalue weighted by Crippen LogP contribution is -2.10. The Morgan fingerprint density at radius 1 is 1.11 bits per heavy atom. The maximum absolute atomic E-state index is 12.7. The SMILES string of the molecule is CC(C)c1cc(=O)oc2cc(OS(=O)(=O)c3cccc4nsnc34)ccc12. The summed E-state index contributed by atoms with van der Waals surface area (Å²) in [5.41, 5.74) is 1.35. The van der Waals surface area contributed by atoms with Crippen molar-refractivity contribution in [3.63, 3.8) is 0 Å². The summed E-state index contributed by atoms with van der Waals surface area (Å²) in [4.78, 5) is 11.7. The highest BCUT2D eigenvalue weighted by Crippen LogP contribution is 2.29. The third-order valence-corrected chi connectivity index (χ3v) is 5.92. The molecule has 27 heavy (non-hydrogen) atoms. The van der Waals surface area contributed by atoms with Crippen LogP contribution in [0.15, 0.2) is 56.6 Å². The summed E-state index contributed by atoms with van der Waals surface area (Å²) in [5, 5.41) is 0.736. The predicted octanol–water partition coefficient (Wildman–Crippen LogP) is 3.69. The lowest BCUT2D eigenvalue weighted by atomic mass is 10.00. The number of hydrogen-bond donors (Lipinski definition) is 0. The minimum Gasteiger partial charge on any atom is -0.423 e. The van der Waals surface area contributed by atoms with E-state index in [2.05, 4.69) is 8.75 Å². The summed E-state index contributed by atoms with van der Waals surface area (Å²) in [6.45, 7) is 3.93. The number of rotatable bonds is 4. The van der Waals surface area contributed by atoms with Gasteiger partial charge in [-0.05, 0) is 35.7 Å². The van der Waals surface area contributed by atoms with Crippen LogP contribution in [0, 0.1) is 0 Å². The number of hydrogen-bond acceptors (Lipinski definition) is 8. The van der Waals surface area contributed by atoms with Crippen molar-refractivity contribution in [1.29, 1.82) is 0 Å². The molecule has 2 heterocycles. The molecule has 0 radical (unpaired) electrons. The van der Waals surface area contributed by atoms with E-state index in [-0.39, 0.29) is 27.7 Å². The summed E-state index contributed by atoms with van der Waals surface area (Å²) in [7, 11) is -4.13. The summed E-state index contributed by atoms with van der Waals surface area (Å²) in [5.74, 6) is 0.161. The summed E-state index contributed by atoms with van der Waals surface area (Å²) in [6.07, 6.45) is 0. The minimum atomic E-state index is -4.13. The van der Waals surface area contributed by atoms with Crippen molar-refractivity contribution in [2.24, 2.45) is 0 Å². The fourth-order valence-electron chi connectivity index (χ4n) is 2.85. The van der Waals surface area contributed by atoms with Gasteiger partial charge in [-0.2, -0.15) is 17.2 Å².